The number of carbonyl (C=O) groups is 1. The van der Waals surface area contributed by atoms with Crippen LogP contribution in [0.5, 0.6) is 0 Å². The molecule has 2 aromatic rings. The van der Waals surface area contributed by atoms with Gasteiger partial charge in [-0.05, 0) is 43.7 Å². The van der Waals surface area contributed by atoms with E-state index in [1.807, 2.05) is 15.7 Å². The summed E-state index contributed by atoms with van der Waals surface area (Å²) in [4.78, 5) is 21.0. The molecule has 1 amide bonds. The minimum absolute atomic E-state index is 0.00337. The number of thiophene rings is 1. The van der Waals surface area contributed by atoms with Crippen molar-refractivity contribution in [3.63, 3.8) is 0 Å². The molecule has 0 radical (unpaired) electrons. The van der Waals surface area contributed by atoms with Crippen LogP contribution in [0.2, 0.25) is 0 Å². The lowest BCUT2D eigenvalue weighted by Gasteiger charge is -2.21. The number of hydrogen-bond donors (Lipinski definition) is 1. The van der Waals surface area contributed by atoms with Crippen molar-refractivity contribution in [2.45, 2.75) is 44.2 Å². The first kappa shape index (κ1) is 14.9. The van der Waals surface area contributed by atoms with Crippen LogP contribution in [0, 0.1) is 0 Å². The van der Waals surface area contributed by atoms with Gasteiger partial charge >= 0.3 is 0 Å². The van der Waals surface area contributed by atoms with Crippen LogP contribution in [-0.4, -0.2) is 44.7 Å². The van der Waals surface area contributed by atoms with Gasteiger partial charge in [-0.1, -0.05) is 0 Å². The number of likely N-dealkylation sites (tertiary alicyclic amines) is 1. The molecule has 23 heavy (non-hydrogen) atoms. The van der Waals surface area contributed by atoms with Crippen LogP contribution in [0.1, 0.15) is 45.4 Å². The van der Waals surface area contributed by atoms with E-state index in [9.17, 15) is 9.90 Å². The summed E-state index contributed by atoms with van der Waals surface area (Å²) in [7, 11) is 0. The average molecular weight is 331 g/mol. The van der Waals surface area contributed by atoms with Gasteiger partial charge in [-0.25, -0.2) is 4.98 Å². The van der Waals surface area contributed by atoms with E-state index in [1.165, 1.54) is 16.9 Å². The van der Waals surface area contributed by atoms with Crippen LogP contribution < -0.4 is 0 Å². The van der Waals surface area contributed by atoms with Gasteiger partial charge in [0.1, 0.15) is 0 Å². The second-order valence-corrected chi connectivity index (χ2v) is 7.56. The van der Waals surface area contributed by atoms with Crippen LogP contribution in [0.15, 0.2) is 24.8 Å². The quantitative estimate of drug-likeness (QED) is 0.918. The number of carbonyl (C=O) groups excluding carboxylic acids is 1. The van der Waals surface area contributed by atoms with Gasteiger partial charge in [-0.15, -0.1) is 11.3 Å². The molecular weight excluding hydrogens is 310 g/mol. The highest BCUT2D eigenvalue weighted by molar-refractivity contribution is 7.14. The van der Waals surface area contributed by atoms with Crippen molar-refractivity contribution in [3.05, 3.63) is 40.1 Å². The minimum Gasteiger partial charge on any atom is -0.391 e. The second-order valence-electron chi connectivity index (χ2n) is 6.43. The molecule has 2 atom stereocenters. The molecule has 2 aliphatic rings. The fourth-order valence-corrected chi connectivity index (χ4v) is 4.90. The second kappa shape index (κ2) is 6.09. The third kappa shape index (κ3) is 2.81. The molecular formula is C17H21N3O2S. The first-order valence-corrected chi connectivity index (χ1v) is 9.10. The predicted molar refractivity (Wildman–Crippen MR) is 88.8 cm³/mol. The van der Waals surface area contributed by atoms with Crippen molar-refractivity contribution in [3.8, 4) is 0 Å². The Hall–Kier alpha value is -1.66. The van der Waals surface area contributed by atoms with Crippen molar-refractivity contribution in [2.24, 2.45) is 0 Å². The van der Waals surface area contributed by atoms with Gasteiger partial charge in [0.15, 0.2) is 0 Å². The Morgan fingerprint density at radius 1 is 1.30 bits per heavy atom. The largest absolute Gasteiger partial charge is 0.391 e. The number of imidazole rings is 1. The van der Waals surface area contributed by atoms with Crippen molar-refractivity contribution in [2.75, 3.05) is 13.1 Å². The van der Waals surface area contributed by atoms with E-state index >= 15 is 0 Å². The zero-order chi connectivity index (χ0) is 15.8. The van der Waals surface area contributed by atoms with E-state index < -0.39 is 6.10 Å². The Kier molecular flexibility index (Phi) is 3.95. The monoisotopic (exact) mass is 331 g/mol. The lowest BCUT2D eigenvalue weighted by Crippen LogP contribution is -2.31. The Bertz CT molecular complexity index is 673. The number of rotatable bonds is 2. The SMILES string of the molecule is O=C(c1cc2c(s1)CCC2)N1CC[C@H](O)[C@@H](n2ccnc2)CC1. The summed E-state index contributed by atoms with van der Waals surface area (Å²) in [5.41, 5.74) is 1.37. The fourth-order valence-electron chi connectivity index (χ4n) is 3.68. The molecule has 0 saturated carbocycles. The molecule has 1 aliphatic heterocycles. The topological polar surface area (TPSA) is 58.4 Å². The standard InChI is InChI=1S/C17H21N3O2S/c21-14-5-8-19(7-4-13(14)20-9-6-18-11-20)17(22)16-10-12-2-1-3-15(12)23-16/h6,9-11,13-14,21H,1-5,7-8H2/t13-,14-/m0/s1. The number of aromatic nitrogens is 2. The highest BCUT2D eigenvalue weighted by Crippen LogP contribution is 2.32. The maximum Gasteiger partial charge on any atom is 0.263 e. The Morgan fingerprint density at radius 3 is 2.96 bits per heavy atom. The number of hydrogen-bond acceptors (Lipinski definition) is 4. The fraction of sp³-hybridized carbons (Fsp3) is 0.529. The summed E-state index contributed by atoms with van der Waals surface area (Å²) in [6.45, 7) is 1.30. The highest BCUT2D eigenvalue weighted by atomic mass is 32.1. The lowest BCUT2D eigenvalue weighted by atomic mass is 10.1. The summed E-state index contributed by atoms with van der Waals surface area (Å²) in [6.07, 6.45) is 9.75. The molecule has 5 nitrogen and oxygen atoms in total. The lowest BCUT2D eigenvalue weighted by molar-refractivity contribution is 0.0756. The minimum atomic E-state index is -0.435. The molecule has 1 N–H and O–H groups in total. The third-order valence-corrected chi connectivity index (χ3v) is 6.21. The normalized spacial score (nSPS) is 24.5. The zero-order valence-electron chi connectivity index (χ0n) is 13.0. The third-order valence-electron chi connectivity index (χ3n) is 4.99. The number of nitrogens with zero attached hydrogens (tertiary/aromatic N) is 3. The molecule has 0 bridgehead atoms. The van der Waals surface area contributed by atoms with E-state index in [0.29, 0.717) is 19.5 Å². The number of aryl methyl sites for hydroxylation is 2. The number of aliphatic hydroxyl groups excluding tert-OH is 1. The van der Waals surface area contributed by atoms with Gasteiger partial charge in [0, 0.05) is 30.4 Å². The Balaban J connectivity index is 1.48. The molecule has 122 valence electrons. The van der Waals surface area contributed by atoms with E-state index in [1.54, 1.807) is 23.9 Å². The average Bonchev–Trinajstić information content (AvgIpc) is 3.24. The molecule has 0 unspecified atom stereocenters. The summed E-state index contributed by atoms with van der Waals surface area (Å²) in [5, 5.41) is 10.4. The maximum absolute atomic E-state index is 12.8. The molecule has 1 saturated heterocycles. The molecule has 3 heterocycles. The maximum atomic E-state index is 12.8. The number of aliphatic hydroxyl groups is 1. The molecule has 0 aromatic carbocycles. The molecule has 4 rings (SSSR count). The van der Waals surface area contributed by atoms with Crippen LogP contribution in [0.3, 0.4) is 0 Å². The number of amides is 1. The first-order valence-electron chi connectivity index (χ1n) is 8.29. The van der Waals surface area contributed by atoms with E-state index in [2.05, 4.69) is 11.1 Å². The van der Waals surface area contributed by atoms with Gasteiger partial charge in [0.2, 0.25) is 0 Å². The number of fused-ring (bicyclic) bond motifs is 1. The van der Waals surface area contributed by atoms with E-state index in [0.717, 1.165) is 24.1 Å². The van der Waals surface area contributed by atoms with E-state index in [-0.39, 0.29) is 11.9 Å². The predicted octanol–water partition coefficient (Wildman–Crippen LogP) is 2.27. The molecule has 1 fully saturated rings. The molecule has 1 aliphatic carbocycles. The Morgan fingerprint density at radius 2 is 2.17 bits per heavy atom. The van der Waals surface area contributed by atoms with E-state index in [4.69, 9.17) is 0 Å². The molecule has 6 heteroatoms. The van der Waals surface area contributed by atoms with Crippen molar-refractivity contribution < 1.29 is 9.90 Å². The Labute approximate surface area is 139 Å². The summed E-state index contributed by atoms with van der Waals surface area (Å²) < 4.78 is 1.96. The van der Waals surface area contributed by atoms with Crippen molar-refractivity contribution in [1.29, 1.82) is 0 Å². The van der Waals surface area contributed by atoms with Crippen LogP contribution in [0.25, 0.3) is 0 Å². The molecule has 0 spiro atoms. The molecule has 2 aromatic heterocycles. The summed E-state index contributed by atoms with van der Waals surface area (Å²) in [5.74, 6) is 0.128. The van der Waals surface area contributed by atoms with Crippen LogP contribution >= 0.6 is 11.3 Å². The first-order chi connectivity index (χ1) is 11.2. The van der Waals surface area contributed by atoms with Crippen LogP contribution in [0.4, 0.5) is 0 Å². The van der Waals surface area contributed by atoms with Crippen molar-refractivity contribution >= 4 is 17.2 Å². The van der Waals surface area contributed by atoms with Gasteiger partial charge < -0.3 is 14.6 Å². The summed E-state index contributed by atoms with van der Waals surface area (Å²) >= 11 is 1.66. The van der Waals surface area contributed by atoms with Crippen molar-refractivity contribution in [1.82, 2.24) is 14.5 Å². The van der Waals surface area contributed by atoms with Gasteiger partial charge in [0.05, 0.1) is 23.4 Å². The zero-order valence-corrected chi connectivity index (χ0v) is 13.8. The smallest absolute Gasteiger partial charge is 0.263 e. The van der Waals surface area contributed by atoms with Crippen LogP contribution in [-0.2, 0) is 12.8 Å². The summed E-state index contributed by atoms with van der Waals surface area (Å²) in [6, 6.07) is 2.09. The van der Waals surface area contributed by atoms with Gasteiger partial charge in [-0.2, -0.15) is 0 Å². The van der Waals surface area contributed by atoms with Gasteiger partial charge in [0.25, 0.3) is 5.91 Å². The highest BCUT2D eigenvalue weighted by Gasteiger charge is 2.29. The van der Waals surface area contributed by atoms with Gasteiger partial charge in [-0.3, -0.25) is 4.79 Å².